The summed E-state index contributed by atoms with van der Waals surface area (Å²) >= 11 is 1.73. The molecule has 0 amide bonds. The summed E-state index contributed by atoms with van der Waals surface area (Å²) in [4.78, 5) is 14.0. The van der Waals surface area contributed by atoms with E-state index in [2.05, 4.69) is 0 Å². The van der Waals surface area contributed by atoms with Crippen molar-refractivity contribution in [2.75, 3.05) is 31.2 Å². The highest BCUT2D eigenvalue weighted by molar-refractivity contribution is 7.19. The first-order valence-corrected chi connectivity index (χ1v) is 10.3. The van der Waals surface area contributed by atoms with Gasteiger partial charge in [0.25, 0.3) is 0 Å². The van der Waals surface area contributed by atoms with Crippen LogP contribution in [-0.2, 0) is 12.8 Å². The van der Waals surface area contributed by atoms with Gasteiger partial charge in [0.2, 0.25) is 5.95 Å². The molecule has 0 bridgehead atoms. The maximum atomic E-state index is 9.49. The summed E-state index contributed by atoms with van der Waals surface area (Å²) in [6.07, 6.45) is 3.32. The molecule has 0 radical (unpaired) electrons. The molecule has 5 rings (SSSR count). The minimum atomic E-state index is -0.0254. The van der Waals surface area contributed by atoms with Crippen LogP contribution in [0.4, 0.5) is 5.95 Å². The first-order valence-electron chi connectivity index (χ1n) is 9.53. The maximum Gasteiger partial charge on any atom is 0.230 e. The van der Waals surface area contributed by atoms with Crippen molar-refractivity contribution in [3.05, 3.63) is 40.8 Å². The Morgan fingerprint density at radius 1 is 1.04 bits per heavy atom. The molecule has 0 aliphatic heterocycles. The van der Waals surface area contributed by atoms with Gasteiger partial charge < -0.3 is 15.1 Å². The van der Waals surface area contributed by atoms with Crippen LogP contribution in [-0.4, -0.2) is 56.1 Å². The quantitative estimate of drug-likeness (QED) is 0.521. The molecule has 8 heteroatoms. The molecule has 0 saturated heterocycles. The Balaban J connectivity index is 1.79. The van der Waals surface area contributed by atoms with Gasteiger partial charge in [0.15, 0.2) is 11.5 Å². The highest BCUT2D eigenvalue weighted by atomic mass is 32.1. The Hall–Kier alpha value is -2.55. The Bertz CT molecular complexity index is 1130. The standard InChI is InChI=1S/C20H21N5O2S/c26-11-9-24(10-12-27)20-22-19-16(14-7-4-8-15(14)28-19)18-21-17(23-25(18)20)13-5-2-1-3-6-13/h1-3,5-6,26-27H,4,7-12H2. The van der Waals surface area contributed by atoms with Crippen LogP contribution in [0.1, 0.15) is 16.9 Å². The Labute approximate surface area is 165 Å². The molecule has 0 fully saturated rings. The van der Waals surface area contributed by atoms with Gasteiger partial charge >= 0.3 is 0 Å². The smallest absolute Gasteiger partial charge is 0.230 e. The van der Waals surface area contributed by atoms with Crippen LogP contribution in [0.25, 0.3) is 27.3 Å². The second kappa shape index (κ2) is 7.12. The predicted octanol–water partition coefficient (Wildman–Crippen LogP) is 2.29. The molecule has 144 valence electrons. The van der Waals surface area contributed by atoms with Crippen LogP contribution in [0.15, 0.2) is 30.3 Å². The van der Waals surface area contributed by atoms with Gasteiger partial charge in [0.1, 0.15) is 4.83 Å². The highest BCUT2D eigenvalue weighted by Gasteiger charge is 2.25. The van der Waals surface area contributed by atoms with Crippen molar-refractivity contribution in [1.29, 1.82) is 0 Å². The number of fused-ring (bicyclic) bond motifs is 5. The molecule has 0 atom stereocenters. The van der Waals surface area contributed by atoms with Crippen LogP contribution in [0.2, 0.25) is 0 Å². The van der Waals surface area contributed by atoms with Crippen LogP contribution in [0.5, 0.6) is 0 Å². The Kier molecular flexibility index (Phi) is 4.46. The van der Waals surface area contributed by atoms with Crippen LogP contribution >= 0.6 is 11.3 Å². The van der Waals surface area contributed by atoms with Gasteiger partial charge in [-0.05, 0) is 24.8 Å². The second-order valence-electron chi connectivity index (χ2n) is 6.92. The summed E-state index contributed by atoms with van der Waals surface area (Å²) in [6, 6.07) is 9.91. The molecule has 0 spiro atoms. The summed E-state index contributed by atoms with van der Waals surface area (Å²) in [5.41, 5.74) is 3.11. The lowest BCUT2D eigenvalue weighted by atomic mass is 10.2. The average molecular weight is 395 g/mol. The summed E-state index contributed by atoms with van der Waals surface area (Å²) in [6.45, 7) is 0.699. The Morgan fingerprint density at radius 2 is 1.82 bits per heavy atom. The third kappa shape index (κ3) is 2.76. The van der Waals surface area contributed by atoms with Crippen LogP contribution in [0, 0.1) is 0 Å². The van der Waals surface area contributed by atoms with Crippen LogP contribution in [0.3, 0.4) is 0 Å². The van der Waals surface area contributed by atoms with E-state index in [1.807, 2.05) is 35.2 Å². The van der Waals surface area contributed by atoms with Crippen LogP contribution < -0.4 is 4.90 Å². The fourth-order valence-corrected chi connectivity index (χ4v) is 5.17. The van der Waals surface area contributed by atoms with Gasteiger partial charge in [-0.2, -0.15) is 4.52 Å². The number of aliphatic hydroxyl groups is 2. The van der Waals surface area contributed by atoms with Crippen molar-refractivity contribution in [3.8, 4) is 11.4 Å². The van der Waals surface area contributed by atoms with Gasteiger partial charge in [0.05, 0.1) is 18.6 Å². The molecule has 4 aromatic rings. The van der Waals surface area contributed by atoms with E-state index in [4.69, 9.17) is 15.1 Å². The van der Waals surface area contributed by atoms with E-state index in [1.165, 1.54) is 16.9 Å². The van der Waals surface area contributed by atoms with E-state index in [0.717, 1.165) is 34.3 Å². The number of hydrogen-bond donors (Lipinski definition) is 2. The monoisotopic (exact) mass is 395 g/mol. The van der Waals surface area contributed by atoms with E-state index < -0.39 is 0 Å². The number of anilines is 1. The normalized spacial score (nSPS) is 13.5. The number of aryl methyl sites for hydroxylation is 2. The molecule has 1 aliphatic rings. The Morgan fingerprint density at radius 3 is 2.57 bits per heavy atom. The van der Waals surface area contributed by atoms with Crippen molar-refractivity contribution in [3.63, 3.8) is 0 Å². The van der Waals surface area contributed by atoms with Crippen molar-refractivity contribution < 1.29 is 10.2 Å². The van der Waals surface area contributed by atoms with Gasteiger partial charge in [-0.25, -0.2) is 9.97 Å². The number of benzene rings is 1. The summed E-state index contributed by atoms with van der Waals surface area (Å²) < 4.78 is 1.78. The summed E-state index contributed by atoms with van der Waals surface area (Å²) in [7, 11) is 0. The van der Waals surface area contributed by atoms with Crippen molar-refractivity contribution in [2.45, 2.75) is 19.3 Å². The minimum Gasteiger partial charge on any atom is -0.395 e. The van der Waals surface area contributed by atoms with E-state index in [9.17, 15) is 10.2 Å². The number of aromatic nitrogens is 4. The van der Waals surface area contributed by atoms with Crippen molar-refractivity contribution in [1.82, 2.24) is 19.6 Å². The number of nitrogens with zero attached hydrogens (tertiary/aromatic N) is 5. The molecule has 28 heavy (non-hydrogen) atoms. The largest absolute Gasteiger partial charge is 0.395 e. The molecule has 0 unspecified atom stereocenters. The lowest BCUT2D eigenvalue weighted by Gasteiger charge is -2.21. The van der Waals surface area contributed by atoms with E-state index >= 15 is 0 Å². The van der Waals surface area contributed by atoms with E-state index in [0.29, 0.717) is 24.9 Å². The zero-order valence-corrected chi connectivity index (χ0v) is 16.2. The number of aliphatic hydroxyl groups excluding tert-OH is 2. The summed E-state index contributed by atoms with van der Waals surface area (Å²) in [5.74, 6) is 1.27. The minimum absolute atomic E-state index is 0.0254. The molecule has 0 saturated carbocycles. The van der Waals surface area contributed by atoms with Gasteiger partial charge in [0, 0.05) is 23.5 Å². The fourth-order valence-electron chi connectivity index (χ4n) is 3.92. The zero-order valence-electron chi connectivity index (χ0n) is 15.4. The molecule has 7 nitrogen and oxygen atoms in total. The van der Waals surface area contributed by atoms with Gasteiger partial charge in [-0.3, -0.25) is 0 Å². The van der Waals surface area contributed by atoms with Crippen molar-refractivity contribution >= 4 is 33.1 Å². The molecular weight excluding hydrogens is 374 g/mol. The number of hydrogen-bond acceptors (Lipinski definition) is 7. The summed E-state index contributed by atoms with van der Waals surface area (Å²) in [5, 5.41) is 24.9. The SMILES string of the molecule is OCCN(CCO)c1nc2sc3c(c2c2nc(-c4ccccc4)nn12)CCC3. The molecule has 1 aromatic carbocycles. The molecule has 3 heterocycles. The third-order valence-electron chi connectivity index (χ3n) is 5.18. The number of thiophene rings is 1. The maximum absolute atomic E-state index is 9.49. The third-order valence-corrected chi connectivity index (χ3v) is 6.36. The lowest BCUT2D eigenvalue weighted by molar-refractivity contribution is 0.280. The van der Waals surface area contributed by atoms with Gasteiger partial charge in [-0.15, -0.1) is 16.4 Å². The zero-order chi connectivity index (χ0) is 19.1. The van der Waals surface area contributed by atoms with E-state index in [1.54, 1.807) is 15.9 Å². The van der Waals surface area contributed by atoms with E-state index in [-0.39, 0.29) is 13.2 Å². The average Bonchev–Trinajstić information content (AvgIpc) is 3.41. The highest BCUT2D eigenvalue weighted by Crippen LogP contribution is 2.39. The lowest BCUT2D eigenvalue weighted by Crippen LogP contribution is -2.32. The fraction of sp³-hybridized carbons (Fsp3) is 0.350. The topological polar surface area (TPSA) is 86.8 Å². The van der Waals surface area contributed by atoms with Gasteiger partial charge in [-0.1, -0.05) is 30.3 Å². The molecular formula is C20H21N5O2S. The molecule has 3 aromatic heterocycles. The molecule has 2 N–H and O–H groups in total. The van der Waals surface area contributed by atoms with Crippen molar-refractivity contribution in [2.24, 2.45) is 0 Å². The molecule has 1 aliphatic carbocycles. The first kappa shape index (κ1) is 17.5. The number of rotatable bonds is 6. The second-order valence-corrected chi connectivity index (χ2v) is 8.00. The first-order chi connectivity index (χ1) is 13.8. The predicted molar refractivity (Wildman–Crippen MR) is 110 cm³/mol.